The quantitative estimate of drug-likeness (QED) is 0.861. The van der Waals surface area contributed by atoms with Crippen molar-refractivity contribution < 1.29 is 4.79 Å². The molecule has 102 valence electrons. The molecule has 2 aliphatic rings. The lowest BCUT2D eigenvalue weighted by Crippen LogP contribution is -2.42. The zero-order valence-corrected chi connectivity index (χ0v) is 11.7. The number of amides is 1. The van der Waals surface area contributed by atoms with Crippen molar-refractivity contribution in [3.63, 3.8) is 0 Å². The molecule has 1 aromatic carbocycles. The summed E-state index contributed by atoms with van der Waals surface area (Å²) in [6, 6.07) is 11.2. The van der Waals surface area contributed by atoms with Crippen LogP contribution in [0.4, 0.5) is 0 Å². The predicted molar refractivity (Wildman–Crippen MR) is 76.9 cm³/mol. The van der Waals surface area contributed by atoms with Gasteiger partial charge in [0.15, 0.2) is 0 Å². The van der Waals surface area contributed by atoms with Crippen molar-refractivity contribution in [1.82, 2.24) is 5.32 Å². The summed E-state index contributed by atoms with van der Waals surface area (Å²) in [7, 11) is 0. The summed E-state index contributed by atoms with van der Waals surface area (Å²) >= 11 is 0. The molecule has 1 saturated heterocycles. The van der Waals surface area contributed by atoms with Crippen molar-refractivity contribution in [2.75, 3.05) is 0 Å². The van der Waals surface area contributed by atoms with Crippen molar-refractivity contribution in [2.24, 2.45) is 5.41 Å². The minimum atomic E-state index is 0.172. The van der Waals surface area contributed by atoms with Crippen molar-refractivity contribution in [3.05, 3.63) is 35.9 Å². The molecule has 0 aromatic heterocycles. The standard InChI is InChI=1S/C17H23NO/c1-2-15-17(12-16(19)18-15)11-7-6-10-14(17)13-8-4-3-5-9-13/h3-5,8-9,14-15H,2,6-7,10-12H2,1H3,(H,18,19). The minimum absolute atomic E-state index is 0.172. The summed E-state index contributed by atoms with van der Waals surface area (Å²) < 4.78 is 0. The fraction of sp³-hybridized carbons (Fsp3) is 0.588. The third-order valence-corrected chi connectivity index (χ3v) is 5.21. The fourth-order valence-electron chi connectivity index (χ4n) is 4.40. The van der Waals surface area contributed by atoms with Crippen LogP contribution in [0.25, 0.3) is 0 Å². The fourth-order valence-corrected chi connectivity index (χ4v) is 4.40. The summed E-state index contributed by atoms with van der Waals surface area (Å²) in [4.78, 5) is 12.0. The van der Waals surface area contributed by atoms with Crippen LogP contribution >= 0.6 is 0 Å². The highest BCUT2D eigenvalue weighted by Crippen LogP contribution is 2.54. The molecule has 2 nitrogen and oxygen atoms in total. The molecule has 1 aliphatic carbocycles. The van der Waals surface area contributed by atoms with Crippen LogP contribution in [0.5, 0.6) is 0 Å². The van der Waals surface area contributed by atoms with Gasteiger partial charge in [0.25, 0.3) is 0 Å². The Morgan fingerprint density at radius 3 is 2.79 bits per heavy atom. The van der Waals surface area contributed by atoms with E-state index in [0.717, 1.165) is 12.8 Å². The molecule has 1 saturated carbocycles. The van der Waals surface area contributed by atoms with Crippen molar-refractivity contribution in [3.8, 4) is 0 Å². The Morgan fingerprint density at radius 1 is 1.26 bits per heavy atom. The molecule has 2 fully saturated rings. The van der Waals surface area contributed by atoms with Gasteiger partial charge < -0.3 is 5.32 Å². The van der Waals surface area contributed by atoms with Crippen molar-refractivity contribution in [1.29, 1.82) is 0 Å². The first-order valence-electron chi connectivity index (χ1n) is 7.60. The smallest absolute Gasteiger partial charge is 0.220 e. The van der Waals surface area contributed by atoms with Crippen LogP contribution in [0.1, 0.15) is 56.9 Å². The van der Waals surface area contributed by atoms with Gasteiger partial charge in [-0.05, 0) is 30.7 Å². The lowest BCUT2D eigenvalue weighted by atomic mass is 9.59. The highest BCUT2D eigenvalue weighted by molar-refractivity contribution is 5.80. The lowest BCUT2D eigenvalue weighted by molar-refractivity contribution is -0.120. The maximum absolute atomic E-state index is 12.0. The largest absolute Gasteiger partial charge is 0.353 e. The number of hydrogen-bond acceptors (Lipinski definition) is 1. The zero-order chi connectivity index (χ0) is 13.3. The monoisotopic (exact) mass is 257 g/mol. The summed E-state index contributed by atoms with van der Waals surface area (Å²) in [6.07, 6.45) is 6.78. The van der Waals surface area contributed by atoms with E-state index in [1.54, 1.807) is 0 Å². The molecular weight excluding hydrogens is 234 g/mol. The van der Waals surface area contributed by atoms with Crippen molar-refractivity contribution in [2.45, 2.75) is 57.4 Å². The van der Waals surface area contributed by atoms with Gasteiger partial charge in [0.2, 0.25) is 5.91 Å². The number of nitrogens with one attached hydrogen (secondary N) is 1. The number of hydrogen-bond donors (Lipinski definition) is 1. The van der Waals surface area contributed by atoms with Crippen LogP contribution in [-0.4, -0.2) is 11.9 Å². The van der Waals surface area contributed by atoms with Crippen molar-refractivity contribution >= 4 is 5.91 Å². The normalized spacial score (nSPS) is 34.5. The Bertz CT molecular complexity index is 456. The molecule has 19 heavy (non-hydrogen) atoms. The lowest BCUT2D eigenvalue weighted by Gasteiger charge is -2.44. The third-order valence-electron chi connectivity index (χ3n) is 5.21. The Kier molecular flexibility index (Phi) is 3.34. The van der Waals surface area contributed by atoms with E-state index in [2.05, 4.69) is 42.6 Å². The number of carbonyl (C=O) groups excluding carboxylic acids is 1. The zero-order valence-electron chi connectivity index (χ0n) is 11.7. The Labute approximate surface area is 115 Å². The van der Waals surface area contributed by atoms with Crippen LogP contribution in [0.3, 0.4) is 0 Å². The van der Waals surface area contributed by atoms with Gasteiger partial charge in [0, 0.05) is 17.9 Å². The van der Waals surface area contributed by atoms with Crippen LogP contribution in [0.2, 0.25) is 0 Å². The summed E-state index contributed by atoms with van der Waals surface area (Å²) in [6.45, 7) is 2.20. The van der Waals surface area contributed by atoms with E-state index < -0.39 is 0 Å². The van der Waals surface area contributed by atoms with Gasteiger partial charge in [0.1, 0.15) is 0 Å². The van der Waals surface area contributed by atoms with E-state index in [1.165, 1.54) is 31.2 Å². The minimum Gasteiger partial charge on any atom is -0.353 e. The molecule has 3 atom stereocenters. The molecule has 0 bridgehead atoms. The topological polar surface area (TPSA) is 29.1 Å². The van der Waals surface area contributed by atoms with E-state index in [0.29, 0.717) is 12.0 Å². The highest BCUT2D eigenvalue weighted by atomic mass is 16.2. The van der Waals surface area contributed by atoms with Crippen LogP contribution in [0.15, 0.2) is 30.3 Å². The molecule has 1 spiro atoms. The van der Waals surface area contributed by atoms with Crippen LogP contribution in [0, 0.1) is 5.41 Å². The number of rotatable bonds is 2. The average Bonchev–Trinajstić information content (AvgIpc) is 2.76. The molecule has 1 N–H and O–H groups in total. The van der Waals surface area contributed by atoms with Gasteiger partial charge >= 0.3 is 0 Å². The van der Waals surface area contributed by atoms with Gasteiger partial charge in [-0.1, -0.05) is 50.1 Å². The number of benzene rings is 1. The van der Waals surface area contributed by atoms with E-state index in [9.17, 15) is 4.79 Å². The van der Waals surface area contributed by atoms with Gasteiger partial charge in [-0.3, -0.25) is 4.79 Å². The maximum Gasteiger partial charge on any atom is 0.220 e. The molecule has 3 rings (SSSR count). The molecule has 1 heterocycles. The molecule has 1 aliphatic heterocycles. The van der Waals surface area contributed by atoms with Crippen LogP contribution < -0.4 is 5.32 Å². The molecular formula is C17H23NO. The average molecular weight is 257 g/mol. The summed E-state index contributed by atoms with van der Waals surface area (Å²) in [5, 5.41) is 3.22. The third kappa shape index (κ3) is 2.07. The maximum atomic E-state index is 12.0. The Hall–Kier alpha value is -1.31. The van der Waals surface area contributed by atoms with Gasteiger partial charge in [-0.15, -0.1) is 0 Å². The van der Waals surface area contributed by atoms with Gasteiger partial charge in [-0.2, -0.15) is 0 Å². The second kappa shape index (κ2) is 4.99. The second-order valence-corrected chi connectivity index (χ2v) is 6.15. The second-order valence-electron chi connectivity index (χ2n) is 6.15. The first kappa shape index (κ1) is 12.7. The number of carbonyl (C=O) groups is 1. The van der Waals surface area contributed by atoms with Crippen LogP contribution in [-0.2, 0) is 4.79 Å². The Balaban J connectivity index is 1.99. The molecule has 1 amide bonds. The predicted octanol–water partition coefficient (Wildman–Crippen LogP) is 3.63. The van der Waals surface area contributed by atoms with Gasteiger partial charge in [0.05, 0.1) is 0 Å². The van der Waals surface area contributed by atoms with E-state index in [-0.39, 0.29) is 11.3 Å². The molecule has 1 aromatic rings. The molecule has 0 radical (unpaired) electrons. The van der Waals surface area contributed by atoms with E-state index in [1.807, 2.05) is 0 Å². The molecule has 3 unspecified atom stereocenters. The first-order chi connectivity index (χ1) is 9.26. The Morgan fingerprint density at radius 2 is 2.05 bits per heavy atom. The van der Waals surface area contributed by atoms with E-state index >= 15 is 0 Å². The SMILES string of the molecule is CCC1NC(=O)CC12CCCCC2c1ccccc1. The van der Waals surface area contributed by atoms with Gasteiger partial charge in [-0.25, -0.2) is 0 Å². The highest BCUT2D eigenvalue weighted by Gasteiger charge is 2.52. The molecule has 2 heteroatoms. The van der Waals surface area contributed by atoms with E-state index in [4.69, 9.17) is 0 Å². The summed E-state index contributed by atoms with van der Waals surface area (Å²) in [5.41, 5.74) is 1.60. The summed E-state index contributed by atoms with van der Waals surface area (Å²) in [5.74, 6) is 0.807. The first-order valence-corrected chi connectivity index (χ1v) is 7.60.